The molecule has 0 aliphatic rings. The molecule has 0 aliphatic heterocycles. The molecule has 3 aromatic rings. The van der Waals surface area contributed by atoms with E-state index in [1.54, 1.807) is 23.9 Å². The highest BCUT2D eigenvalue weighted by molar-refractivity contribution is 9.10. The molecule has 0 amide bonds. The summed E-state index contributed by atoms with van der Waals surface area (Å²) < 4.78 is 2.56. The Morgan fingerprint density at radius 3 is 2.64 bits per heavy atom. The lowest BCUT2D eigenvalue weighted by Gasteiger charge is -2.04. The average Bonchev–Trinajstić information content (AvgIpc) is 2.87. The Balaban J connectivity index is 1.77. The second kappa shape index (κ2) is 6.73. The van der Waals surface area contributed by atoms with Crippen molar-refractivity contribution in [2.45, 2.75) is 10.9 Å². The number of nitrogens with two attached hydrogens (primary N) is 1. The van der Waals surface area contributed by atoms with Crippen LogP contribution in [0.3, 0.4) is 0 Å². The van der Waals surface area contributed by atoms with Crippen LogP contribution >= 0.6 is 39.3 Å². The Labute approximate surface area is 145 Å². The van der Waals surface area contributed by atoms with E-state index in [4.69, 9.17) is 17.4 Å². The van der Waals surface area contributed by atoms with E-state index in [9.17, 15) is 0 Å². The van der Waals surface area contributed by atoms with E-state index in [0.29, 0.717) is 16.0 Å². The van der Waals surface area contributed by atoms with Crippen molar-refractivity contribution in [3.8, 4) is 11.4 Å². The molecule has 0 fully saturated rings. The first-order valence-corrected chi connectivity index (χ1v) is 8.63. The summed E-state index contributed by atoms with van der Waals surface area (Å²) in [5.74, 6) is 7.49. The van der Waals surface area contributed by atoms with Crippen molar-refractivity contribution in [1.29, 1.82) is 0 Å². The van der Waals surface area contributed by atoms with Gasteiger partial charge >= 0.3 is 0 Å². The maximum absolute atomic E-state index is 6.10. The van der Waals surface area contributed by atoms with Crippen LogP contribution < -0.4 is 5.84 Å². The van der Waals surface area contributed by atoms with Gasteiger partial charge in [-0.1, -0.05) is 51.4 Å². The van der Waals surface area contributed by atoms with Crippen molar-refractivity contribution >= 4 is 39.3 Å². The van der Waals surface area contributed by atoms with E-state index < -0.39 is 0 Å². The second-order valence-corrected chi connectivity index (χ2v) is 6.90. The van der Waals surface area contributed by atoms with Gasteiger partial charge in [0.25, 0.3) is 0 Å². The van der Waals surface area contributed by atoms with Gasteiger partial charge in [-0.3, -0.25) is 0 Å². The van der Waals surface area contributed by atoms with E-state index in [0.717, 1.165) is 15.8 Å². The Morgan fingerprint density at radius 2 is 1.91 bits per heavy atom. The lowest BCUT2D eigenvalue weighted by atomic mass is 10.2. The molecule has 0 atom stereocenters. The van der Waals surface area contributed by atoms with Crippen molar-refractivity contribution in [1.82, 2.24) is 14.9 Å². The van der Waals surface area contributed by atoms with Crippen molar-refractivity contribution in [2.24, 2.45) is 0 Å². The van der Waals surface area contributed by atoms with Crippen molar-refractivity contribution in [2.75, 3.05) is 5.84 Å². The van der Waals surface area contributed by atoms with Crippen molar-refractivity contribution in [3.05, 3.63) is 63.6 Å². The Morgan fingerprint density at radius 1 is 1.14 bits per heavy atom. The van der Waals surface area contributed by atoms with E-state index in [2.05, 4.69) is 38.3 Å². The largest absolute Gasteiger partial charge is 0.335 e. The fraction of sp³-hybridized carbons (Fsp3) is 0.0667. The first kappa shape index (κ1) is 15.4. The van der Waals surface area contributed by atoms with Gasteiger partial charge in [0.15, 0.2) is 5.82 Å². The van der Waals surface area contributed by atoms with Crippen LogP contribution in [0.15, 0.2) is 58.2 Å². The Hall–Kier alpha value is -1.50. The number of rotatable bonds is 4. The summed E-state index contributed by atoms with van der Waals surface area (Å²) in [5, 5.41) is 9.67. The van der Waals surface area contributed by atoms with Crippen LogP contribution in [-0.2, 0) is 5.75 Å². The van der Waals surface area contributed by atoms with E-state index in [1.807, 2.05) is 24.3 Å². The highest BCUT2D eigenvalue weighted by Gasteiger charge is 2.12. The van der Waals surface area contributed by atoms with Gasteiger partial charge in [-0.05, 0) is 42.0 Å². The average molecular weight is 396 g/mol. The van der Waals surface area contributed by atoms with Crippen LogP contribution in [0.5, 0.6) is 0 Å². The van der Waals surface area contributed by atoms with Gasteiger partial charge in [-0.2, -0.15) is 0 Å². The molecule has 0 aliphatic carbocycles. The maximum Gasteiger partial charge on any atom is 0.210 e. The van der Waals surface area contributed by atoms with Gasteiger partial charge in [0.05, 0.1) is 0 Å². The number of nitrogen functional groups attached to an aromatic ring is 1. The topological polar surface area (TPSA) is 56.7 Å². The molecule has 1 aromatic heterocycles. The first-order valence-electron chi connectivity index (χ1n) is 6.47. The van der Waals surface area contributed by atoms with Gasteiger partial charge in [0, 0.05) is 20.8 Å². The SMILES string of the molecule is Nn1c(SCc2cccc(Br)c2)nnc1-c1ccc(Cl)cc1. The summed E-state index contributed by atoms with van der Waals surface area (Å²) in [5.41, 5.74) is 2.07. The molecule has 0 saturated heterocycles. The molecule has 4 nitrogen and oxygen atoms in total. The molecule has 0 bridgehead atoms. The minimum atomic E-state index is 0.619. The molecule has 0 radical (unpaired) electrons. The third kappa shape index (κ3) is 3.45. The summed E-state index contributed by atoms with van der Waals surface area (Å²) in [6.45, 7) is 0. The maximum atomic E-state index is 6.10. The molecular weight excluding hydrogens is 384 g/mol. The fourth-order valence-electron chi connectivity index (χ4n) is 1.95. The van der Waals surface area contributed by atoms with Gasteiger partial charge in [-0.15, -0.1) is 10.2 Å². The lowest BCUT2D eigenvalue weighted by Crippen LogP contribution is -2.11. The number of hydrogen-bond acceptors (Lipinski definition) is 4. The van der Waals surface area contributed by atoms with Crippen molar-refractivity contribution in [3.63, 3.8) is 0 Å². The summed E-state index contributed by atoms with van der Waals surface area (Å²) in [4.78, 5) is 0. The fourth-order valence-corrected chi connectivity index (χ4v) is 3.32. The van der Waals surface area contributed by atoms with Crippen LogP contribution in [0, 0.1) is 0 Å². The minimum absolute atomic E-state index is 0.619. The predicted molar refractivity (Wildman–Crippen MR) is 94.3 cm³/mol. The highest BCUT2D eigenvalue weighted by atomic mass is 79.9. The minimum Gasteiger partial charge on any atom is -0.335 e. The van der Waals surface area contributed by atoms with E-state index >= 15 is 0 Å². The molecule has 7 heteroatoms. The molecular formula is C15H12BrClN4S. The van der Waals surface area contributed by atoms with Gasteiger partial charge in [0.1, 0.15) is 0 Å². The third-order valence-electron chi connectivity index (χ3n) is 3.02. The quantitative estimate of drug-likeness (QED) is 0.526. The van der Waals surface area contributed by atoms with Crippen LogP contribution in [0.4, 0.5) is 0 Å². The number of halogens is 2. The molecule has 1 heterocycles. The zero-order valence-electron chi connectivity index (χ0n) is 11.4. The van der Waals surface area contributed by atoms with Gasteiger partial charge < -0.3 is 5.84 Å². The lowest BCUT2D eigenvalue weighted by molar-refractivity contribution is 0.849. The summed E-state index contributed by atoms with van der Waals surface area (Å²) >= 11 is 10.9. The molecule has 0 spiro atoms. The number of nitrogens with zero attached hydrogens (tertiary/aromatic N) is 3. The standard InChI is InChI=1S/C15H12BrClN4S/c16-12-3-1-2-10(8-12)9-22-15-20-19-14(21(15)18)11-4-6-13(17)7-5-11/h1-8H,9,18H2. The Kier molecular flexibility index (Phi) is 4.71. The smallest absolute Gasteiger partial charge is 0.210 e. The van der Waals surface area contributed by atoms with Gasteiger partial charge in [0.2, 0.25) is 5.16 Å². The summed E-state index contributed by atoms with van der Waals surface area (Å²) in [6.07, 6.45) is 0. The number of aromatic nitrogens is 3. The Bertz CT molecular complexity index is 788. The summed E-state index contributed by atoms with van der Waals surface area (Å²) in [7, 11) is 0. The molecule has 112 valence electrons. The third-order valence-corrected chi connectivity index (χ3v) is 4.78. The molecule has 2 N–H and O–H groups in total. The zero-order valence-corrected chi connectivity index (χ0v) is 14.6. The molecule has 0 unspecified atom stereocenters. The molecule has 2 aromatic carbocycles. The summed E-state index contributed by atoms with van der Waals surface area (Å²) in [6, 6.07) is 15.5. The van der Waals surface area contributed by atoms with Crippen LogP contribution in [0.2, 0.25) is 5.02 Å². The van der Waals surface area contributed by atoms with Crippen LogP contribution in [0.1, 0.15) is 5.56 Å². The van der Waals surface area contributed by atoms with Crippen LogP contribution in [0.25, 0.3) is 11.4 Å². The number of hydrogen-bond donors (Lipinski definition) is 1. The number of thioether (sulfide) groups is 1. The normalized spacial score (nSPS) is 10.8. The van der Waals surface area contributed by atoms with Crippen molar-refractivity contribution < 1.29 is 0 Å². The molecule has 22 heavy (non-hydrogen) atoms. The number of benzene rings is 2. The second-order valence-electron chi connectivity index (χ2n) is 4.60. The van der Waals surface area contributed by atoms with Gasteiger partial charge in [-0.25, -0.2) is 4.68 Å². The van der Waals surface area contributed by atoms with E-state index in [1.165, 1.54) is 10.2 Å². The zero-order chi connectivity index (χ0) is 15.5. The highest BCUT2D eigenvalue weighted by Crippen LogP contribution is 2.25. The molecule has 3 rings (SSSR count). The first-order chi connectivity index (χ1) is 10.6. The van der Waals surface area contributed by atoms with E-state index in [-0.39, 0.29) is 0 Å². The predicted octanol–water partition coefficient (Wildman–Crippen LogP) is 4.37. The molecule has 0 saturated carbocycles. The monoisotopic (exact) mass is 394 g/mol. The van der Waals surface area contributed by atoms with Crippen LogP contribution in [-0.4, -0.2) is 14.9 Å².